The van der Waals surface area contributed by atoms with Crippen molar-refractivity contribution in [3.63, 3.8) is 0 Å². The maximum Gasteiger partial charge on any atom is 0.338 e. The first-order valence-corrected chi connectivity index (χ1v) is 14.9. The van der Waals surface area contributed by atoms with Crippen molar-refractivity contribution in [2.45, 2.75) is 77.4 Å². The number of amides is 2. The van der Waals surface area contributed by atoms with Gasteiger partial charge in [-0.15, -0.1) is 0 Å². The lowest BCUT2D eigenvalue weighted by Gasteiger charge is -2.31. The van der Waals surface area contributed by atoms with Crippen molar-refractivity contribution < 1.29 is 28.6 Å². The number of esters is 1. The number of ether oxygens (including phenoxy) is 3. The van der Waals surface area contributed by atoms with Crippen LogP contribution in [0.5, 0.6) is 5.88 Å². The molecule has 44 heavy (non-hydrogen) atoms. The van der Waals surface area contributed by atoms with Crippen molar-refractivity contribution in [2.24, 2.45) is 0 Å². The van der Waals surface area contributed by atoms with Gasteiger partial charge in [-0.25, -0.2) is 14.8 Å². The average Bonchev–Trinajstić information content (AvgIpc) is 3.31. The fourth-order valence-electron chi connectivity index (χ4n) is 5.44. The maximum atomic E-state index is 13.4. The summed E-state index contributed by atoms with van der Waals surface area (Å²) in [6, 6.07) is 20.4. The van der Waals surface area contributed by atoms with Crippen molar-refractivity contribution >= 4 is 28.8 Å². The zero-order chi connectivity index (χ0) is 30.8. The molecular weight excluding hydrogens is 560 g/mol. The molecule has 0 bridgehead atoms. The number of carbonyl (C=O) groups excluding carboxylic acids is 3. The maximum absolute atomic E-state index is 13.4. The highest BCUT2D eigenvalue weighted by atomic mass is 16.6. The van der Waals surface area contributed by atoms with Crippen LogP contribution in [0, 0.1) is 0 Å². The Kier molecular flexibility index (Phi) is 8.18. The van der Waals surface area contributed by atoms with E-state index in [0.29, 0.717) is 48.2 Å². The summed E-state index contributed by atoms with van der Waals surface area (Å²) in [4.78, 5) is 50.3. The summed E-state index contributed by atoms with van der Waals surface area (Å²) in [6.07, 6.45) is 1.19. The number of imidazole rings is 1. The van der Waals surface area contributed by atoms with Crippen LogP contribution in [0.15, 0.2) is 66.7 Å². The number of hydrogen-bond donors (Lipinski definition) is 0. The van der Waals surface area contributed by atoms with E-state index >= 15 is 0 Å². The quantitative estimate of drug-likeness (QED) is 0.192. The van der Waals surface area contributed by atoms with Crippen LogP contribution in [0.2, 0.25) is 0 Å². The Balaban J connectivity index is 1.19. The van der Waals surface area contributed by atoms with Gasteiger partial charge < -0.3 is 18.8 Å². The fourth-order valence-corrected chi connectivity index (χ4v) is 5.44. The van der Waals surface area contributed by atoms with Gasteiger partial charge in [0.15, 0.2) is 0 Å². The first-order chi connectivity index (χ1) is 21.1. The van der Waals surface area contributed by atoms with Gasteiger partial charge in [0.05, 0.1) is 35.8 Å². The van der Waals surface area contributed by atoms with Crippen LogP contribution in [0.1, 0.15) is 73.4 Å². The summed E-state index contributed by atoms with van der Waals surface area (Å²) in [7, 11) is 0. The zero-order valence-corrected chi connectivity index (χ0v) is 25.2. The summed E-state index contributed by atoms with van der Waals surface area (Å²) in [6.45, 7) is 7.06. The lowest BCUT2D eigenvalue weighted by molar-refractivity contribution is -0.149. The van der Waals surface area contributed by atoms with Crippen LogP contribution in [0.25, 0.3) is 11.0 Å². The molecule has 0 aliphatic carbocycles. The monoisotopic (exact) mass is 596 g/mol. The van der Waals surface area contributed by atoms with E-state index in [0.717, 1.165) is 17.5 Å². The summed E-state index contributed by atoms with van der Waals surface area (Å²) in [5, 5.41) is 0. The van der Waals surface area contributed by atoms with E-state index in [1.165, 1.54) is 4.90 Å². The molecule has 0 N–H and O–H groups in total. The highest BCUT2D eigenvalue weighted by Gasteiger charge is 2.35. The lowest BCUT2D eigenvalue weighted by atomic mass is 9.92. The molecule has 2 aromatic carbocycles. The second-order valence-electron chi connectivity index (χ2n) is 12.3. The molecule has 10 nitrogen and oxygen atoms in total. The van der Waals surface area contributed by atoms with E-state index in [1.807, 2.05) is 67.8 Å². The molecule has 2 fully saturated rings. The number of rotatable bonds is 9. The van der Waals surface area contributed by atoms with Gasteiger partial charge in [0.25, 0.3) is 0 Å². The van der Waals surface area contributed by atoms with Crippen molar-refractivity contribution in [1.82, 2.24) is 19.4 Å². The Morgan fingerprint density at radius 1 is 0.977 bits per heavy atom. The zero-order valence-electron chi connectivity index (χ0n) is 25.2. The summed E-state index contributed by atoms with van der Waals surface area (Å²) < 4.78 is 19.1. The van der Waals surface area contributed by atoms with E-state index in [-0.39, 0.29) is 43.2 Å². The van der Waals surface area contributed by atoms with Gasteiger partial charge in [0, 0.05) is 37.1 Å². The number of pyridine rings is 1. The molecule has 2 saturated heterocycles. The van der Waals surface area contributed by atoms with E-state index in [1.54, 1.807) is 24.3 Å². The normalized spacial score (nSPS) is 17.5. The molecule has 0 radical (unpaired) electrons. The molecule has 2 aliphatic rings. The first kappa shape index (κ1) is 29.5. The molecule has 2 aromatic heterocycles. The minimum atomic E-state index is -0.629. The third-order valence-electron chi connectivity index (χ3n) is 7.78. The van der Waals surface area contributed by atoms with Crippen LogP contribution in [-0.2, 0) is 38.8 Å². The summed E-state index contributed by atoms with van der Waals surface area (Å²) in [5.41, 5.74) is 2.85. The van der Waals surface area contributed by atoms with Gasteiger partial charge in [-0.05, 0) is 57.0 Å². The van der Waals surface area contributed by atoms with E-state index < -0.39 is 11.6 Å². The topological polar surface area (TPSA) is 113 Å². The van der Waals surface area contributed by atoms with Crippen LogP contribution < -0.4 is 4.74 Å². The van der Waals surface area contributed by atoms with Crippen LogP contribution in [0.3, 0.4) is 0 Å². The SMILES string of the molecule is CC(C)(C)OC(=O)c1ccc2nc(CN3C(=O)CC(c4cccc(OCc5ccccc5)n4)CC3=O)n(CC3CCO3)c2c1. The largest absolute Gasteiger partial charge is 0.473 e. The van der Waals surface area contributed by atoms with Gasteiger partial charge >= 0.3 is 5.97 Å². The molecule has 1 unspecified atom stereocenters. The Hall–Kier alpha value is -4.57. The molecule has 2 amide bonds. The van der Waals surface area contributed by atoms with Gasteiger partial charge in [-0.1, -0.05) is 36.4 Å². The number of likely N-dealkylation sites (tertiary alicyclic amines) is 1. The minimum Gasteiger partial charge on any atom is -0.473 e. The molecule has 0 spiro atoms. The molecule has 4 heterocycles. The Morgan fingerprint density at radius 3 is 2.41 bits per heavy atom. The summed E-state index contributed by atoms with van der Waals surface area (Å²) in [5.74, 6) is -0.319. The molecule has 1 atom stereocenters. The first-order valence-electron chi connectivity index (χ1n) is 14.9. The number of fused-ring (bicyclic) bond motifs is 1. The number of hydrogen-bond acceptors (Lipinski definition) is 8. The van der Waals surface area contributed by atoms with Crippen LogP contribution in [-0.4, -0.2) is 55.5 Å². The smallest absolute Gasteiger partial charge is 0.338 e. The third-order valence-corrected chi connectivity index (χ3v) is 7.78. The fraction of sp³-hybridized carbons (Fsp3) is 0.382. The van der Waals surface area contributed by atoms with Crippen molar-refractivity contribution in [3.8, 4) is 5.88 Å². The third kappa shape index (κ3) is 6.65. The Morgan fingerprint density at radius 2 is 1.73 bits per heavy atom. The number of piperidine rings is 1. The molecule has 10 heteroatoms. The van der Waals surface area contributed by atoms with Gasteiger partial charge in [-0.2, -0.15) is 0 Å². The number of benzene rings is 2. The highest BCUT2D eigenvalue weighted by molar-refractivity contribution is 5.98. The molecule has 4 aromatic rings. The number of carbonyl (C=O) groups is 3. The standard InChI is InChI=1S/C34H36N4O6/c1-34(2,3)44-33(41)23-12-13-27-28(16-23)37(19-25-14-15-42-25)29(35-27)20-38-31(39)17-24(18-32(38)40)26-10-7-11-30(36-26)43-21-22-8-5-4-6-9-22/h4-13,16,24-25H,14-15,17-21H2,1-3H3. The second kappa shape index (κ2) is 12.2. The molecule has 0 saturated carbocycles. The predicted octanol–water partition coefficient (Wildman–Crippen LogP) is 5.19. The average molecular weight is 597 g/mol. The van der Waals surface area contributed by atoms with Gasteiger partial charge in [0.2, 0.25) is 17.7 Å². The van der Waals surface area contributed by atoms with Crippen molar-refractivity contribution in [2.75, 3.05) is 6.61 Å². The molecule has 6 rings (SSSR count). The van der Waals surface area contributed by atoms with E-state index in [2.05, 4.69) is 4.98 Å². The number of nitrogens with zero attached hydrogens (tertiary/aromatic N) is 4. The van der Waals surface area contributed by atoms with Crippen molar-refractivity contribution in [3.05, 3.63) is 89.4 Å². The van der Waals surface area contributed by atoms with Crippen LogP contribution in [0.4, 0.5) is 0 Å². The highest BCUT2D eigenvalue weighted by Crippen LogP contribution is 2.31. The summed E-state index contributed by atoms with van der Waals surface area (Å²) >= 11 is 0. The molecule has 228 valence electrons. The minimum absolute atomic E-state index is 0.00377. The van der Waals surface area contributed by atoms with E-state index in [9.17, 15) is 14.4 Å². The predicted molar refractivity (Wildman–Crippen MR) is 162 cm³/mol. The van der Waals surface area contributed by atoms with Gasteiger partial charge in [0.1, 0.15) is 18.0 Å². The van der Waals surface area contributed by atoms with E-state index in [4.69, 9.17) is 19.2 Å². The lowest BCUT2D eigenvalue weighted by Crippen LogP contribution is -2.43. The Labute approximate surface area is 255 Å². The molecular formula is C34H36N4O6. The molecule has 2 aliphatic heterocycles. The van der Waals surface area contributed by atoms with Crippen molar-refractivity contribution in [1.29, 1.82) is 0 Å². The van der Waals surface area contributed by atoms with Gasteiger partial charge in [-0.3, -0.25) is 14.5 Å². The van der Waals surface area contributed by atoms with Crippen LogP contribution >= 0.6 is 0 Å². The number of aromatic nitrogens is 3. The second-order valence-corrected chi connectivity index (χ2v) is 12.3. The number of imide groups is 1. The Bertz CT molecular complexity index is 1670.